The molecule has 0 spiro atoms. The van der Waals surface area contributed by atoms with Gasteiger partial charge in [0.2, 0.25) is 0 Å². The molecular formula is C54H34. The number of hydrogen-bond donors (Lipinski definition) is 0. The first-order chi connectivity index (χ1) is 26.8. The van der Waals surface area contributed by atoms with Crippen LogP contribution in [0.15, 0.2) is 206 Å². The van der Waals surface area contributed by atoms with Crippen LogP contribution in [-0.4, -0.2) is 0 Å². The van der Waals surface area contributed by atoms with Crippen LogP contribution in [0.4, 0.5) is 0 Å². The van der Waals surface area contributed by atoms with Crippen LogP contribution in [0.5, 0.6) is 0 Å². The Morgan fingerprint density at radius 2 is 0.389 bits per heavy atom. The monoisotopic (exact) mass is 682 g/mol. The van der Waals surface area contributed by atoms with Crippen molar-refractivity contribution in [1.82, 2.24) is 0 Å². The van der Waals surface area contributed by atoms with E-state index in [4.69, 9.17) is 0 Å². The van der Waals surface area contributed by atoms with Crippen LogP contribution in [-0.2, 0) is 0 Å². The lowest BCUT2D eigenvalue weighted by Crippen LogP contribution is -1.92. The predicted octanol–water partition coefficient (Wildman–Crippen LogP) is 15.3. The fourth-order valence-corrected chi connectivity index (χ4v) is 9.00. The molecule has 0 radical (unpaired) electrons. The number of fused-ring (bicyclic) bond motifs is 6. The van der Waals surface area contributed by atoms with E-state index in [2.05, 4.69) is 206 Å². The van der Waals surface area contributed by atoms with Gasteiger partial charge >= 0.3 is 0 Å². The molecule has 0 aliphatic rings. The van der Waals surface area contributed by atoms with Gasteiger partial charge in [0.05, 0.1) is 0 Å². The topological polar surface area (TPSA) is 0 Å². The van der Waals surface area contributed by atoms with Gasteiger partial charge in [0.25, 0.3) is 0 Å². The zero-order valence-electron chi connectivity index (χ0n) is 29.6. The van der Waals surface area contributed by atoms with Crippen molar-refractivity contribution >= 4 is 64.6 Å². The van der Waals surface area contributed by atoms with Crippen LogP contribution < -0.4 is 0 Å². The van der Waals surface area contributed by atoms with Crippen LogP contribution in [0.25, 0.3) is 109 Å². The van der Waals surface area contributed by atoms with Gasteiger partial charge in [-0.05, 0) is 133 Å². The third-order valence-electron chi connectivity index (χ3n) is 11.4. The van der Waals surface area contributed by atoms with Crippen LogP contribution in [0.3, 0.4) is 0 Å². The standard InChI is InChI=1S/C54H34/c1-3-15-35(16-4-1)51-43-23-11-7-19-39(43)33-49-47(51)31-41-21-9-13-25-45(41)53(49)37-27-29-38(30-28-37)54-46-26-14-10-22-42(46)32-48-50(54)34-40-20-8-12-24-44(40)52(48)36-17-5-2-6-18-36/h1-34H. The average Bonchev–Trinajstić information content (AvgIpc) is 3.24. The molecule has 0 nitrogen and oxygen atoms in total. The molecule has 0 atom stereocenters. The quantitative estimate of drug-likeness (QED) is 0.162. The fourth-order valence-electron chi connectivity index (χ4n) is 9.00. The Hall–Kier alpha value is -7.02. The molecule has 0 saturated heterocycles. The Kier molecular flexibility index (Phi) is 6.97. The predicted molar refractivity (Wildman–Crippen MR) is 233 cm³/mol. The fraction of sp³-hybridized carbons (Fsp3) is 0. The minimum absolute atomic E-state index is 1.22. The minimum Gasteiger partial charge on any atom is -0.0622 e. The van der Waals surface area contributed by atoms with Gasteiger partial charge < -0.3 is 0 Å². The van der Waals surface area contributed by atoms with E-state index >= 15 is 0 Å². The van der Waals surface area contributed by atoms with Crippen LogP contribution >= 0.6 is 0 Å². The lowest BCUT2D eigenvalue weighted by molar-refractivity contribution is 1.65. The molecule has 11 rings (SSSR count). The van der Waals surface area contributed by atoms with Crippen molar-refractivity contribution in [2.24, 2.45) is 0 Å². The highest BCUT2D eigenvalue weighted by Gasteiger charge is 2.19. The van der Waals surface area contributed by atoms with Gasteiger partial charge in [-0.1, -0.05) is 182 Å². The minimum atomic E-state index is 1.22. The molecule has 0 aliphatic carbocycles. The highest BCUT2D eigenvalue weighted by atomic mass is 14.2. The Balaban J connectivity index is 1.19. The molecule has 0 saturated carbocycles. The second-order valence-electron chi connectivity index (χ2n) is 14.4. The number of rotatable bonds is 4. The summed E-state index contributed by atoms with van der Waals surface area (Å²) in [6, 6.07) is 76.1. The molecule has 250 valence electrons. The molecule has 0 unspecified atom stereocenters. The van der Waals surface area contributed by atoms with Gasteiger partial charge in [0.1, 0.15) is 0 Å². The second-order valence-corrected chi connectivity index (χ2v) is 14.4. The van der Waals surface area contributed by atoms with Crippen molar-refractivity contribution in [3.63, 3.8) is 0 Å². The molecule has 0 heteroatoms. The highest BCUT2D eigenvalue weighted by Crippen LogP contribution is 2.46. The van der Waals surface area contributed by atoms with Gasteiger partial charge in [0.15, 0.2) is 0 Å². The molecule has 0 bridgehead atoms. The van der Waals surface area contributed by atoms with Crippen molar-refractivity contribution in [1.29, 1.82) is 0 Å². The summed E-state index contributed by atoms with van der Waals surface area (Å²) in [7, 11) is 0. The van der Waals surface area contributed by atoms with Crippen molar-refractivity contribution < 1.29 is 0 Å². The van der Waals surface area contributed by atoms with Crippen LogP contribution in [0, 0.1) is 0 Å². The molecule has 0 amide bonds. The molecule has 0 aliphatic heterocycles. The van der Waals surface area contributed by atoms with Crippen molar-refractivity contribution in [2.45, 2.75) is 0 Å². The van der Waals surface area contributed by atoms with Crippen LogP contribution in [0.2, 0.25) is 0 Å². The smallest absolute Gasteiger partial charge is 0.00264 e. The molecular weight excluding hydrogens is 649 g/mol. The summed E-state index contributed by atoms with van der Waals surface area (Å²) >= 11 is 0. The largest absolute Gasteiger partial charge is 0.0622 e. The van der Waals surface area contributed by atoms with E-state index in [0.29, 0.717) is 0 Å². The SMILES string of the molecule is c1ccc(-c2c3ccccc3cc3c(-c4ccc(-c5c6ccccc6cc6c(-c7ccccc7)c7ccccc7cc56)cc4)c4ccccc4cc23)cc1. The maximum Gasteiger partial charge on any atom is -0.00264 e. The summed E-state index contributed by atoms with van der Waals surface area (Å²) in [5.74, 6) is 0. The summed E-state index contributed by atoms with van der Waals surface area (Å²) in [4.78, 5) is 0. The molecule has 11 aromatic rings. The highest BCUT2D eigenvalue weighted by molar-refractivity contribution is 6.24. The molecule has 11 aromatic carbocycles. The first kappa shape index (κ1) is 30.6. The molecule has 0 N–H and O–H groups in total. The first-order valence-corrected chi connectivity index (χ1v) is 18.8. The zero-order chi connectivity index (χ0) is 35.6. The van der Waals surface area contributed by atoms with Crippen LogP contribution in [0.1, 0.15) is 0 Å². The summed E-state index contributed by atoms with van der Waals surface area (Å²) in [6.07, 6.45) is 0. The summed E-state index contributed by atoms with van der Waals surface area (Å²) in [6.45, 7) is 0. The zero-order valence-corrected chi connectivity index (χ0v) is 29.6. The maximum atomic E-state index is 2.40. The van der Waals surface area contributed by atoms with E-state index in [1.807, 2.05) is 0 Å². The lowest BCUT2D eigenvalue weighted by atomic mass is 9.84. The van der Waals surface area contributed by atoms with Gasteiger partial charge in [-0.3, -0.25) is 0 Å². The summed E-state index contributed by atoms with van der Waals surface area (Å²) in [5, 5.41) is 15.2. The third-order valence-corrected chi connectivity index (χ3v) is 11.4. The second kappa shape index (κ2) is 12.3. The van der Waals surface area contributed by atoms with E-state index in [0.717, 1.165) is 0 Å². The van der Waals surface area contributed by atoms with Crippen molar-refractivity contribution in [3.05, 3.63) is 206 Å². The average molecular weight is 683 g/mol. The van der Waals surface area contributed by atoms with E-state index in [1.54, 1.807) is 0 Å². The normalized spacial score (nSPS) is 11.7. The summed E-state index contributed by atoms with van der Waals surface area (Å²) in [5.41, 5.74) is 10.0. The van der Waals surface area contributed by atoms with E-state index < -0.39 is 0 Å². The maximum absolute atomic E-state index is 2.40. The Morgan fingerprint density at radius 3 is 0.667 bits per heavy atom. The number of benzene rings is 11. The molecule has 0 fully saturated rings. The summed E-state index contributed by atoms with van der Waals surface area (Å²) < 4.78 is 0. The Labute approximate surface area is 314 Å². The lowest BCUT2D eigenvalue weighted by Gasteiger charge is -2.19. The number of hydrogen-bond acceptors (Lipinski definition) is 0. The first-order valence-electron chi connectivity index (χ1n) is 18.8. The van der Waals surface area contributed by atoms with Gasteiger partial charge in [0, 0.05) is 0 Å². The third kappa shape index (κ3) is 4.78. The molecule has 0 aromatic heterocycles. The van der Waals surface area contributed by atoms with Crippen molar-refractivity contribution in [3.8, 4) is 44.5 Å². The van der Waals surface area contributed by atoms with E-state index in [9.17, 15) is 0 Å². The van der Waals surface area contributed by atoms with Gasteiger partial charge in [-0.25, -0.2) is 0 Å². The van der Waals surface area contributed by atoms with E-state index in [-0.39, 0.29) is 0 Å². The Morgan fingerprint density at radius 1 is 0.167 bits per heavy atom. The van der Waals surface area contributed by atoms with Gasteiger partial charge in [-0.15, -0.1) is 0 Å². The Bertz CT molecular complexity index is 3010. The van der Waals surface area contributed by atoms with Gasteiger partial charge in [-0.2, -0.15) is 0 Å². The van der Waals surface area contributed by atoms with E-state index in [1.165, 1.54) is 109 Å². The van der Waals surface area contributed by atoms with Crippen molar-refractivity contribution in [2.75, 3.05) is 0 Å². The molecule has 54 heavy (non-hydrogen) atoms. The molecule has 0 heterocycles.